The number of ether oxygens (including phenoxy) is 1. The number of carbonyl (C=O) groups is 1. The molecule has 0 saturated carbocycles. The van der Waals surface area contributed by atoms with Gasteiger partial charge in [0.1, 0.15) is 0 Å². The molecule has 0 saturated heterocycles. The van der Waals surface area contributed by atoms with E-state index in [0.29, 0.717) is 13.0 Å². The molecule has 1 unspecified atom stereocenters. The van der Waals surface area contributed by atoms with E-state index in [1.165, 1.54) is 0 Å². The van der Waals surface area contributed by atoms with E-state index in [4.69, 9.17) is 4.74 Å². The van der Waals surface area contributed by atoms with Crippen molar-refractivity contribution < 1.29 is 9.53 Å². The van der Waals surface area contributed by atoms with Crippen LogP contribution in [0.2, 0.25) is 0 Å². The molecule has 1 aliphatic carbocycles. The zero-order valence-corrected chi connectivity index (χ0v) is 12.8. The summed E-state index contributed by atoms with van der Waals surface area (Å²) in [5, 5.41) is 19.4. The first-order chi connectivity index (χ1) is 10.6. The average molecular weight is 294 g/mol. The Labute approximate surface area is 130 Å². The van der Waals surface area contributed by atoms with Gasteiger partial charge in [-0.15, -0.1) is 0 Å². The number of nitrogens with zero attached hydrogens (tertiary/aromatic N) is 2. The topological polar surface area (TPSA) is 73.9 Å². The van der Waals surface area contributed by atoms with Gasteiger partial charge in [0, 0.05) is 5.92 Å². The molecule has 0 N–H and O–H groups in total. The summed E-state index contributed by atoms with van der Waals surface area (Å²) in [6.45, 7) is 3.97. The molecule has 0 spiro atoms. The lowest BCUT2D eigenvalue weighted by Crippen LogP contribution is -2.27. The Kier molecular flexibility index (Phi) is 4.63. The minimum atomic E-state index is -1.29. The van der Waals surface area contributed by atoms with Gasteiger partial charge < -0.3 is 4.74 Å². The maximum atomic E-state index is 11.8. The number of allylic oxidation sites excluding steroid dienone is 2. The Morgan fingerprint density at radius 1 is 1.32 bits per heavy atom. The van der Waals surface area contributed by atoms with Gasteiger partial charge in [-0.05, 0) is 31.4 Å². The van der Waals surface area contributed by atoms with Gasteiger partial charge in [-0.2, -0.15) is 10.5 Å². The van der Waals surface area contributed by atoms with Crippen molar-refractivity contribution in [3.8, 4) is 12.1 Å². The second kappa shape index (κ2) is 6.45. The van der Waals surface area contributed by atoms with E-state index >= 15 is 0 Å². The number of hydrogen-bond acceptors (Lipinski definition) is 4. The molecule has 4 nitrogen and oxygen atoms in total. The quantitative estimate of drug-likeness (QED) is 0.797. The van der Waals surface area contributed by atoms with Gasteiger partial charge in [0.2, 0.25) is 0 Å². The van der Waals surface area contributed by atoms with E-state index in [0.717, 1.165) is 16.7 Å². The summed E-state index contributed by atoms with van der Waals surface area (Å²) in [6.07, 6.45) is 0.646. The Morgan fingerprint density at radius 2 is 1.95 bits per heavy atom. The van der Waals surface area contributed by atoms with E-state index in [-0.39, 0.29) is 18.3 Å². The zero-order chi connectivity index (χ0) is 16.2. The summed E-state index contributed by atoms with van der Waals surface area (Å²) in [7, 11) is 0. The van der Waals surface area contributed by atoms with Crippen LogP contribution >= 0.6 is 0 Å². The fraction of sp³-hybridized carbons (Fsp3) is 0.389. The molecule has 4 heteroatoms. The van der Waals surface area contributed by atoms with Crippen LogP contribution in [0.25, 0.3) is 5.57 Å². The molecule has 0 amide bonds. The Morgan fingerprint density at radius 3 is 2.50 bits per heavy atom. The highest BCUT2D eigenvalue weighted by molar-refractivity contribution is 5.82. The summed E-state index contributed by atoms with van der Waals surface area (Å²) in [5.74, 6) is -0.721. The largest absolute Gasteiger partial charge is 0.466 e. The number of hydrogen-bond donors (Lipinski definition) is 0. The number of esters is 1. The standard InChI is InChI=1S/C18H18N2O2/c1-3-22-16(21)10-15-9-13(2)17(18(15,11-19)12-20)14-7-5-4-6-8-14/h4-8,15H,3,9-10H2,1-2H3. The Bertz CT molecular complexity index is 663. The van der Waals surface area contributed by atoms with Crippen molar-refractivity contribution in [2.24, 2.45) is 11.3 Å². The molecule has 112 valence electrons. The van der Waals surface area contributed by atoms with Crippen molar-refractivity contribution in [1.82, 2.24) is 0 Å². The molecule has 22 heavy (non-hydrogen) atoms. The molecule has 2 rings (SSSR count). The van der Waals surface area contributed by atoms with E-state index < -0.39 is 5.41 Å². The van der Waals surface area contributed by atoms with Gasteiger partial charge in [0.25, 0.3) is 0 Å². The number of carbonyl (C=O) groups excluding carboxylic acids is 1. The van der Waals surface area contributed by atoms with E-state index in [2.05, 4.69) is 12.1 Å². The van der Waals surface area contributed by atoms with Crippen molar-refractivity contribution in [2.75, 3.05) is 6.61 Å². The third kappa shape index (κ3) is 2.61. The van der Waals surface area contributed by atoms with Crippen LogP contribution in [-0.4, -0.2) is 12.6 Å². The van der Waals surface area contributed by atoms with Gasteiger partial charge in [-0.3, -0.25) is 4.79 Å². The first kappa shape index (κ1) is 15.8. The summed E-state index contributed by atoms with van der Waals surface area (Å²) < 4.78 is 4.99. The van der Waals surface area contributed by atoms with Crippen LogP contribution in [0.5, 0.6) is 0 Å². The van der Waals surface area contributed by atoms with Crippen LogP contribution in [0.4, 0.5) is 0 Å². The highest BCUT2D eigenvalue weighted by Gasteiger charge is 2.50. The molecule has 0 aliphatic heterocycles. The molecule has 1 atom stereocenters. The lowest BCUT2D eigenvalue weighted by molar-refractivity contribution is -0.144. The van der Waals surface area contributed by atoms with Crippen LogP contribution in [0.3, 0.4) is 0 Å². The summed E-state index contributed by atoms with van der Waals surface area (Å²) in [4.78, 5) is 11.8. The molecule has 0 bridgehead atoms. The fourth-order valence-corrected chi connectivity index (χ4v) is 3.21. The van der Waals surface area contributed by atoms with Crippen LogP contribution in [0.1, 0.15) is 32.3 Å². The lowest BCUT2D eigenvalue weighted by atomic mass is 9.72. The number of nitriles is 2. The minimum absolute atomic E-state index is 0.0859. The maximum absolute atomic E-state index is 11.8. The minimum Gasteiger partial charge on any atom is -0.466 e. The number of rotatable bonds is 4. The van der Waals surface area contributed by atoms with Crippen LogP contribution in [0.15, 0.2) is 35.9 Å². The molecule has 0 aromatic heterocycles. The molecule has 0 fully saturated rings. The summed E-state index contributed by atoms with van der Waals surface area (Å²) in [5.41, 5.74) is 1.31. The molecule has 0 radical (unpaired) electrons. The fourth-order valence-electron chi connectivity index (χ4n) is 3.21. The third-order valence-corrected chi connectivity index (χ3v) is 4.12. The smallest absolute Gasteiger partial charge is 0.306 e. The monoisotopic (exact) mass is 294 g/mol. The highest BCUT2D eigenvalue weighted by Crippen LogP contribution is 2.52. The number of benzene rings is 1. The Hall–Kier alpha value is -2.59. The average Bonchev–Trinajstić information content (AvgIpc) is 2.80. The molecular weight excluding hydrogens is 276 g/mol. The predicted octanol–water partition coefficient (Wildman–Crippen LogP) is 3.47. The van der Waals surface area contributed by atoms with Gasteiger partial charge in [0.05, 0.1) is 25.2 Å². The predicted molar refractivity (Wildman–Crippen MR) is 82.1 cm³/mol. The molecular formula is C18H18N2O2. The zero-order valence-electron chi connectivity index (χ0n) is 12.8. The van der Waals surface area contributed by atoms with E-state index in [9.17, 15) is 15.3 Å². The summed E-state index contributed by atoms with van der Waals surface area (Å²) >= 11 is 0. The summed E-state index contributed by atoms with van der Waals surface area (Å²) in [6, 6.07) is 13.8. The SMILES string of the molecule is CCOC(=O)CC1CC(C)=C(c2ccccc2)C1(C#N)C#N. The first-order valence-electron chi connectivity index (χ1n) is 7.32. The van der Waals surface area contributed by atoms with Crippen LogP contribution in [0, 0.1) is 34.0 Å². The molecule has 1 aliphatic rings. The van der Waals surface area contributed by atoms with E-state index in [1.807, 2.05) is 37.3 Å². The second-order valence-electron chi connectivity index (χ2n) is 5.46. The van der Waals surface area contributed by atoms with Gasteiger partial charge in [0.15, 0.2) is 5.41 Å². The molecule has 0 heterocycles. The first-order valence-corrected chi connectivity index (χ1v) is 7.32. The van der Waals surface area contributed by atoms with Gasteiger partial charge >= 0.3 is 5.97 Å². The van der Waals surface area contributed by atoms with Crippen molar-refractivity contribution in [3.63, 3.8) is 0 Å². The van der Waals surface area contributed by atoms with Crippen molar-refractivity contribution in [2.45, 2.75) is 26.7 Å². The van der Waals surface area contributed by atoms with Gasteiger partial charge in [-0.25, -0.2) is 0 Å². The molecule has 1 aromatic carbocycles. The van der Waals surface area contributed by atoms with Crippen LogP contribution < -0.4 is 0 Å². The highest BCUT2D eigenvalue weighted by atomic mass is 16.5. The third-order valence-electron chi connectivity index (χ3n) is 4.12. The van der Waals surface area contributed by atoms with Gasteiger partial charge in [-0.1, -0.05) is 35.9 Å². The van der Waals surface area contributed by atoms with Crippen molar-refractivity contribution >= 4 is 11.5 Å². The van der Waals surface area contributed by atoms with E-state index in [1.54, 1.807) is 6.92 Å². The second-order valence-corrected chi connectivity index (χ2v) is 5.46. The van der Waals surface area contributed by atoms with Crippen molar-refractivity contribution in [1.29, 1.82) is 10.5 Å². The Balaban J connectivity index is 2.43. The molecule has 1 aromatic rings. The maximum Gasteiger partial charge on any atom is 0.306 e. The normalized spacial score (nSPS) is 19.4. The van der Waals surface area contributed by atoms with Crippen LogP contribution in [-0.2, 0) is 9.53 Å². The lowest BCUT2D eigenvalue weighted by Gasteiger charge is -2.24. The van der Waals surface area contributed by atoms with Crippen molar-refractivity contribution in [3.05, 3.63) is 41.5 Å².